The van der Waals surface area contributed by atoms with Gasteiger partial charge in [-0.3, -0.25) is 0 Å². The van der Waals surface area contributed by atoms with Gasteiger partial charge in [0.05, 0.1) is 6.61 Å². The van der Waals surface area contributed by atoms with Gasteiger partial charge in [0.15, 0.2) is 6.29 Å². The van der Waals surface area contributed by atoms with E-state index in [1.54, 1.807) is 0 Å². The molecule has 0 spiro atoms. The molecule has 1 saturated heterocycles. The van der Waals surface area contributed by atoms with E-state index in [4.69, 9.17) is 9.47 Å². The van der Waals surface area contributed by atoms with Crippen LogP contribution < -0.4 is 4.74 Å². The lowest BCUT2D eigenvalue weighted by Crippen LogP contribution is -2.24. The van der Waals surface area contributed by atoms with E-state index < -0.39 is 0 Å². The number of aldehydes is 1. The maximum atomic E-state index is 10.7. The van der Waals surface area contributed by atoms with Gasteiger partial charge in [0.1, 0.15) is 12.0 Å². The van der Waals surface area contributed by atoms with E-state index in [0.717, 1.165) is 43.5 Å². The highest BCUT2D eigenvalue weighted by Gasteiger charge is 2.15. The first-order valence-corrected chi connectivity index (χ1v) is 8.17. The zero-order valence-corrected chi connectivity index (χ0v) is 13.5. The quantitative estimate of drug-likeness (QED) is 0.543. The van der Waals surface area contributed by atoms with Gasteiger partial charge in [-0.25, -0.2) is 0 Å². The van der Waals surface area contributed by atoms with E-state index in [0.29, 0.717) is 6.42 Å². The second-order valence-electron chi connectivity index (χ2n) is 4.81. The molecule has 0 aliphatic carbocycles. The fourth-order valence-electron chi connectivity index (χ4n) is 2.27. The predicted octanol–water partition coefficient (Wildman–Crippen LogP) is 4.21. The van der Waals surface area contributed by atoms with Crippen molar-refractivity contribution in [3.63, 3.8) is 0 Å². The monoisotopic (exact) mass is 386 g/mol. The Labute approximate surface area is 133 Å². The van der Waals surface area contributed by atoms with Crippen molar-refractivity contribution in [2.45, 2.75) is 37.9 Å². The van der Waals surface area contributed by atoms with Crippen LogP contribution in [0, 0.1) is 0 Å². The number of carbonyl (C=O) groups excluding carboxylic acids is 1. The number of hydrogen-bond acceptors (Lipinski definition) is 3. The smallest absolute Gasteiger partial charge is 0.199 e. The lowest BCUT2D eigenvalue weighted by Gasteiger charge is -2.23. The van der Waals surface area contributed by atoms with Crippen molar-refractivity contribution in [2.75, 3.05) is 6.61 Å². The zero-order chi connectivity index (χ0) is 14.2. The molecule has 108 valence electrons. The lowest BCUT2D eigenvalue weighted by atomic mass is 9.96. The summed E-state index contributed by atoms with van der Waals surface area (Å²) in [5.74, 6) is 0.966. The van der Waals surface area contributed by atoms with Crippen molar-refractivity contribution >= 4 is 28.9 Å². The van der Waals surface area contributed by atoms with Gasteiger partial charge in [-0.1, -0.05) is 40.8 Å². The van der Waals surface area contributed by atoms with Gasteiger partial charge in [0.2, 0.25) is 0 Å². The van der Waals surface area contributed by atoms with Crippen LogP contribution in [0.1, 0.15) is 37.2 Å². The Bertz CT molecular complexity index is 436. The van der Waals surface area contributed by atoms with Crippen LogP contribution in [0.4, 0.5) is 0 Å². The Morgan fingerprint density at radius 3 is 2.75 bits per heavy atom. The van der Waals surface area contributed by atoms with Crippen LogP contribution in [0.2, 0.25) is 0 Å². The van der Waals surface area contributed by atoms with Crippen molar-refractivity contribution in [1.82, 2.24) is 0 Å². The van der Waals surface area contributed by atoms with Crippen LogP contribution in [0.5, 0.6) is 5.75 Å². The number of carbonyl (C=O) groups is 1. The first-order chi connectivity index (χ1) is 9.83. The van der Waals surface area contributed by atoms with Gasteiger partial charge in [0, 0.05) is 18.8 Å². The van der Waals surface area contributed by atoms with E-state index >= 15 is 0 Å². The minimum absolute atomic E-state index is 0.116. The fourth-order valence-corrected chi connectivity index (χ4v) is 2.77. The average Bonchev–Trinajstić information content (AvgIpc) is 2.49. The molecule has 0 bridgehead atoms. The van der Waals surface area contributed by atoms with Gasteiger partial charge >= 0.3 is 0 Å². The summed E-state index contributed by atoms with van der Waals surface area (Å²) in [5.41, 5.74) is 1.13. The fraction of sp³-hybridized carbons (Fsp3) is 0.438. The molecule has 1 unspecified atom stereocenters. The minimum atomic E-state index is -0.116. The van der Waals surface area contributed by atoms with Crippen LogP contribution >= 0.6 is 22.6 Å². The number of allylic oxidation sites excluding steroid dienone is 1. The molecule has 3 nitrogen and oxygen atoms in total. The maximum Gasteiger partial charge on any atom is 0.199 e. The van der Waals surface area contributed by atoms with E-state index in [9.17, 15) is 4.79 Å². The van der Waals surface area contributed by atoms with E-state index in [2.05, 4.69) is 22.6 Å². The third-order valence-corrected chi connectivity index (χ3v) is 3.78. The Balaban J connectivity index is 1.98. The molecular weight excluding hydrogens is 367 g/mol. The zero-order valence-electron chi connectivity index (χ0n) is 11.3. The summed E-state index contributed by atoms with van der Waals surface area (Å²) in [7, 11) is 0. The lowest BCUT2D eigenvalue weighted by molar-refractivity contribution is -0.108. The average molecular weight is 386 g/mol. The second-order valence-corrected chi connectivity index (χ2v) is 5.53. The molecule has 1 aliphatic rings. The highest BCUT2D eigenvalue weighted by atomic mass is 127. The third-order valence-electron chi connectivity index (χ3n) is 3.37. The number of rotatable bonds is 6. The van der Waals surface area contributed by atoms with Crippen LogP contribution in [-0.2, 0) is 9.53 Å². The molecule has 0 N–H and O–H groups in total. The van der Waals surface area contributed by atoms with Crippen molar-refractivity contribution in [3.8, 4) is 5.75 Å². The highest BCUT2D eigenvalue weighted by Crippen LogP contribution is 2.25. The van der Waals surface area contributed by atoms with E-state index in [1.165, 1.54) is 0 Å². The van der Waals surface area contributed by atoms with Crippen molar-refractivity contribution in [1.29, 1.82) is 0 Å². The first-order valence-electron chi connectivity index (χ1n) is 6.92. The summed E-state index contributed by atoms with van der Waals surface area (Å²) in [4.78, 5) is 10.7. The second kappa shape index (κ2) is 8.42. The standard InChI is InChI=1S/C16H19IO3/c17-10-8-14(9-11-18)13-4-6-15(7-5-13)20-16-3-1-2-12-19-16/h4-8,10-11,14,16H,1-3,9,12H2/b10-8+/t14-,16?/m1/s1. The van der Waals surface area contributed by atoms with Crippen LogP contribution in [-0.4, -0.2) is 19.2 Å². The number of ether oxygens (including phenoxy) is 2. The SMILES string of the molecule is O=CC[C@@H](/C=C/I)c1ccc(OC2CCCCO2)cc1. The summed E-state index contributed by atoms with van der Waals surface area (Å²) >= 11 is 2.17. The van der Waals surface area contributed by atoms with Gasteiger partial charge in [-0.2, -0.15) is 0 Å². The van der Waals surface area contributed by atoms with Crippen LogP contribution in [0.25, 0.3) is 0 Å². The Morgan fingerprint density at radius 2 is 2.15 bits per heavy atom. The van der Waals surface area contributed by atoms with Gasteiger partial charge in [0.25, 0.3) is 0 Å². The molecule has 1 aromatic carbocycles. The summed E-state index contributed by atoms with van der Waals surface area (Å²) in [6.07, 6.45) is 6.61. The van der Waals surface area contributed by atoms with Gasteiger partial charge in [-0.05, 0) is 34.6 Å². The molecule has 2 atom stereocenters. The Kier molecular flexibility index (Phi) is 6.53. The molecular formula is C16H19IO3. The van der Waals surface area contributed by atoms with E-state index in [1.807, 2.05) is 34.4 Å². The first kappa shape index (κ1) is 15.5. The van der Waals surface area contributed by atoms with Gasteiger partial charge < -0.3 is 14.3 Å². The molecule has 2 rings (SSSR count). The molecule has 1 aromatic rings. The highest BCUT2D eigenvalue weighted by molar-refractivity contribution is 14.1. The number of benzene rings is 1. The molecule has 1 aliphatic heterocycles. The van der Waals surface area contributed by atoms with Crippen molar-refractivity contribution in [3.05, 3.63) is 40.0 Å². The van der Waals surface area contributed by atoms with Gasteiger partial charge in [-0.15, -0.1) is 0 Å². The third kappa shape index (κ3) is 4.59. The molecule has 4 heteroatoms. The molecule has 1 fully saturated rings. The molecule has 0 amide bonds. The minimum Gasteiger partial charge on any atom is -0.465 e. The maximum absolute atomic E-state index is 10.7. The number of halogens is 1. The Morgan fingerprint density at radius 1 is 1.35 bits per heavy atom. The summed E-state index contributed by atoms with van der Waals surface area (Å²) in [6.45, 7) is 0.782. The van der Waals surface area contributed by atoms with Crippen LogP contribution in [0.3, 0.4) is 0 Å². The Hall–Kier alpha value is -0.880. The molecule has 0 aromatic heterocycles. The molecule has 0 radical (unpaired) electrons. The largest absolute Gasteiger partial charge is 0.465 e. The predicted molar refractivity (Wildman–Crippen MR) is 87.2 cm³/mol. The topological polar surface area (TPSA) is 35.5 Å². The summed E-state index contributed by atoms with van der Waals surface area (Å²) < 4.78 is 13.3. The van der Waals surface area contributed by atoms with Crippen molar-refractivity contribution in [2.24, 2.45) is 0 Å². The molecule has 0 saturated carbocycles. The molecule has 1 heterocycles. The summed E-state index contributed by atoms with van der Waals surface area (Å²) in [5, 5.41) is 0. The summed E-state index contributed by atoms with van der Waals surface area (Å²) in [6, 6.07) is 7.93. The molecule has 20 heavy (non-hydrogen) atoms. The number of hydrogen-bond donors (Lipinski definition) is 0. The normalized spacial score (nSPS) is 20.8. The van der Waals surface area contributed by atoms with Crippen molar-refractivity contribution < 1.29 is 14.3 Å². The van der Waals surface area contributed by atoms with E-state index in [-0.39, 0.29) is 12.2 Å². The van der Waals surface area contributed by atoms with Crippen LogP contribution in [0.15, 0.2) is 34.4 Å².